The van der Waals surface area contributed by atoms with E-state index in [1.807, 2.05) is 55.6 Å². The highest BCUT2D eigenvalue weighted by molar-refractivity contribution is 7.99. The zero-order valence-corrected chi connectivity index (χ0v) is 21.2. The molecule has 3 heterocycles. The molecule has 0 saturated carbocycles. The van der Waals surface area contributed by atoms with Gasteiger partial charge in [-0.3, -0.25) is 14.2 Å². The SMILES string of the molecule is C=CCn1c(SCC(=O)c2cc(C)n(CCOC)c2C)nc2scc(-c3ccccc3)c2c1=O. The van der Waals surface area contributed by atoms with Crippen molar-refractivity contribution in [1.29, 1.82) is 0 Å². The average Bonchev–Trinajstić information content (AvgIpc) is 3.39. The van der Waals surface area contributed by atoms with Crippen LogP contribution in [0.5, 0.6) is 0 Å². The summed E-state index contributed by atoms with van der Waals surface area (Å²) < 4.78 is 8.88. The second kappa shape index (κ2) is 10.5. The Hall–Kier alpha value is -2.94. The largest absolute Gasteiger partial charge is 0.383 e. The van der Waals surface area contributed by atoms with E-state index < -0.39 is 0 Å². The van der Waals surface area contributed by atoms with Gasteiger partial charge in [0.25, 0.3) is 5.56 Å². The Morgan fingerprint density at radius 1 is 1.24 bits per heavy atom. The molecule has 0 saturated heterocycles. The van der Waals surface area contributed by atoms with Gasteiger partial charge >= 0.3 is 0 Å². The number of allylic oxidation sites excluding steroid dienone is 1. The number of hydrogen-bond donors (Lipinski definition) is 0. The number of rotatable bonds is 10. The number of thioether (sulfide) groups is 1. The molecule has 0 unspecified atom stereocenters. The molecule has 0 aliphatic carbocycles. The third-order valence-corrected chi connectivity index (χ3v) is 7.63. The van der Waals surface area contributed by atoms with E-state index in [1.54, 1.807) is 17.8 Å². The van der Waals surface area contributed by atoms with E-state index in [4.69, 9.17) is 9.72 Å². The highest BCUT2D eigenvalue weighted by Gasteiger charge is 2.20. The summed E-state index contributed by atoms with van der Waals surface area (Å²) in [5, 5.41) is 3.11. The van der Waals surface area contributed by atoms with Crippen molar-refractivity contribution in [3.05, 3.63) is 81.7 Å². The summed E-state index contributed by atoms with van der Waals surface area (Å²) in [6.45, 7) is 9.36. The Balaban J connectivity index is 1.65. The number of carbonyl (C=O) groups is 1. The molecule has 3 aromatic heterocycles. The van der Waals surface area contributed by atoms with Gasteiger partial charge in [-0.05, 0) is 25.5 Å². The highest BCUT2D eigenvalue weighted by Crippen LogP contribution is 2.32. The molecule has 1 aromatic carbocycles. The minimum absolute atomic E-state index is 0.0115. The fourth-order valence-electron chi connectivity index (χ4n) is 4.05. The number of ketones is 1. The summed E-state index contributed by atoms with van der Waals surface area (Å²) in [4.78, 5) is 32.0. The molecule has 0 fully saturated rings. The second-order valence-corrected chi connectivity index (χ2v) is 9.74. The lowest BCUT2D eigenvalue weighted by molar-refractivity contribution is 0.102. The first-order chi connectivity index (χ1) is 16.5. The van der Waals surface area contributed by atoms with Crippen LogP contribution in [-0.2, 0) is 17.8 Å². The number of ether oxygens (including phenoxy) is 1. The Bertz CT molecular complexity index is 1400. The zero-order valence-electron chi connectivity index (χ0n) is 19.5. The number of aromatic nitrogens is 3. The Labute approximate surface area is 206 Å². The van der Waals surface area contributed by atoms with Crippen molar-refractivity contribution in [2.75, 3.05) is 19.5 Å². The van der Waals surface area contributed by atoms with Crippen LogP contribution in [0, 0.1) is 13.8 Å². The first kappa shape index (κ1) is 24.2. The molecule has 0 bridgehead atoms. The van der Waals surface area contributed by atoms with Gasteiger partial charge in [-0.1, -0.05) is 48.2 Å². The van der Waals surface area contributed by atoms with Gasteiger partial charge in [-0.15, -0.1) is 17.9 Å². The van der Waals surface area contributed by atoms with E-state index in [2.05, 4.69) is 11.1 Å². The predicted octanol–water partition coefficient (Wildman–Crippen LogP) is 5.35. The summed E-state index contributed by atoms with van der Waals surface area (Å²) in [7, 11) is 1.67. The molecule has 4 aromatic rings. The molecular formula is C26H27N3O3S2. The molecule has 176 valence electrons. The number of benzene rings is 1. The van der Waals surface area contributed by atoms with Crippen molar-refractivity contribution in [2.45, 2.75) is 32.1 Å². The predicted molar refractivity (Wildman–Crippen MR) is 140 cm³/mol. The van der Waals surface area contributed by atoms with E-state index in [9.17, 15) is 9.59 Å². The number of methoxy groups -OCH3 is 1. The lowest BCUT2D eigenvalue weighted by Gasteiger charge is -2.11. The normalized spacial score (nSPS) is 11.3. The maximum Gasteiger partial charge on any atom is 0.263 e. The van der Waals surface area contributed by atoms with Crippen molar-refractivity contribution in [1.82, 2.24) is 14.1 Å². The van der Waals surface area contributed by atoms with Gasteiger partial charge in [0.1, 0.15) is 4.83 Å². The van der Waals surface area contributed by atoms with E-state index >= 15 is 0 Å². The van der Waals surface area contributed by atoms with Gasteiger partial charge in [0.2, 0.25) is 0 Å². The minimum atomic E-state index is -0.113. The molecule has 0 aliphatic rings. The van der Waals surface area contributed by atoms with E-state index in [0.717, 1.165) is 22.5 Å². The van der Waals surface area contributed by atoms with Gasteiger partial charge in [0.15, 0.2) is 10.9 Å². The van der Waals surface area contributed by atoms with Crippen LogP contribution in [0.25, 0.3) is 21.3 Å². The third-order valence-electron chi connectivity index (χ3n) is 5.78. The van der Waals surface area contributed by atoms with Crippen LogP contribution < -0.4 is 5.56 Å². The van der Waals surface area contributed by atoms with Crippen molar-refractivity contribution in [3.8, 4) is 11.1 Å². The monoisotopic (exact) mass is 493 g/mol. The lowest BCUT2D eigenvalue weighted by Crippen LogP contribution is -2.23. The van der Waals surface area contributed by atoms with Crippen LogP contribution in [0.3, 0.4) is 0 Å². The van der Waals surface area contributed by atoms with Crippen LogP contribution in [0.1, 0.15) is 21.7 Å². The Morgan fingerprint density at radius 3 is 2.71 bits per heavy atom. The van der Waals surface area contributed by atoms with Crippen LogP contribution in [0.4, 0.5) is 0 Å². The van der Waals surface area contributed by atoms with Crippen molar-refractivity contribution in [3.63, 3.8) is 0 Å². The van der Waals surface area contributed by atoms with Gasteiger partial charge in [-0.25, -0.2) is 4.98 Å². The molecule has 4 rings (SSSR count). The molecular weight excluding hydrogens is 466 g/mol. The standard InChI is InChI=1S/C26H27N3O3S2/c1-5-11-29-25(31)23-21(19-9-7-6-8-10-19)15-33-24(23)27-26(29)34-16-22(30)20-14-17(2)28(18(20)3)12-13-32-4/h5-10,14-15H,1,11-13,16H2,2-4H3. The molecule has 0 radical (unpaired) electrons. The molecule has 0 amide bonds. The molecule has 34 heavy (non-hydrogen) atoms. The summed E-state index contributed by atoms with van der Waals surface area (Å²) in [6.07, 6.45) is 1.68. The third kappa shape index (κ3) is 4.66. The average molecular weight is 494 g/mol. The second-order valence-electron chi connectivity index (χ2n) is 7.94. The Morgan fingerprint density at radius 2 is 2.00 bits per heavy atom. The maximum atomic E-state index is 13.5. The first-order valence-corrected chi connectivity index (χ1v) is 12.8. The van der Waals surface area contributed by atoms with Crippen LogP contribution in [0.2, 0.25) is 0 Å². The maximum absolute atomic E-state index is 13.5. The fraction of sp³-hybridized carbons (Fsp3) is 0.269. The summed E-state index contributed by atoms with van der Waals surface area (Å²) in [5.41, 5.74) is 4.40. The molecule has 0 aliphatic heterocycles. The zero-order chi connectivity index (χ0) is 24.2. The molecule has 0 N–H and O–H groups in total. The van der Waals surface area contributed by atoms with Gasteiger partial charge < -0.3 is 9.30 Å². The number of aryl methyl sites for hydroxylation is 1. The summed E-state index contributed by atoms with van der Waals surface area (Å²) in [6, 6.07) is 11.8. The van der Waals surface area contributed by atoms with Crippen molar-refractivity contribution in [2.24, 2.45) is 0 Å². The number of carbonyl (C=O) groups excluding carboxylic acids is 1. The molecule has 0 spiro atoms. The number of hydrogen-bond acceptors (Lipinski definition) is 6. The fourth-order valence-corrected chi connectivity index (χ4v) is 5.93. The van der Waals surface area contributed by atoms with E-state index in [1.165, 1.54) is 23.1 Å². The molecule has 6 nitrogen and oxygen atoms in total. The molecule has 0 atom stereocenters. The summed E-state index contributed by atoms with van der Waals surface area (Å²) in [5.74, 6) is 0.207. The first-order valence-electron chi connectivity index (χ1n) is 11.0. The van der Waals surface area contributed by atoms with Gasteiger partial charge in [0, 0.05) is 48.1 Å². The quantitative estimate of drug-likeness (QED) is 0.129. The van der Waals surface area contributed by atoms with Crippen LogP contribution in [0.15, 0.2) is 64.4 Å². The molecule has 8 heteroatoms. The Kier molecular flexibility index (Phi) is 7.50. The van der Waals surface area contributed by atoms with Crippen molar-refractivity contribution >= 4 is 39.1 Å². The van der Waals surface area contributed by atoms with Gasteiger partial charge in [0.05, 0.1) is 17.7 Å². The summed E-state index contributed by atoms with van der Waals surface area (Å²) >= 11 is 2.74. The number of fused-ring (bicyclic) bond motifs is 1. The number of nitrogens with zero attached hydrogens (tertiary/aromatic N) is 3. The highest BCUT2D eigenvalue weighted by atomic mass is 32.2. The number of thiophene rings is 1. The van der Waals surface area contributed by atoms with Crippen LogP contribution in [-0.4, -0.2) is 39.4 Å². The van der Waals surface area contributed by atoms with Crippen LogP contribution >= 0.6 is 23.1 Å². The number of Topliss-reactive ketones (excluding diaryl/α,β-unsaturated/α-hetero) is 1. The van der Waals surface area contributed by atoms with E-state index in [-0.39, 0.29) is 17.1 Å². The van der Waals surface area contributed by atoms with Gasteiger partial charge in [-0.2, -0.15) is 0 Å². The van der Waals surface area contributed by atoms with Crippen molar-refractivity contribution < 1.29 is 9.53 Å². The smallest absolute Gasteiger partial charge is 0.263 e. The van der Waals surface area contributed by atoms with E-state index in [0.29, 0.717) is 40.6 Å². The minimum Gasteiger partial charge on any atom is -0.383 e. The lowest BCUT2D eigenvalue weighted by atomic mass is 10.1. The topological polar surface area (TPSA) is 66.1 Å².